The molecule has 1 heterocycles. The lowest BCUT2D eigenvalue weighted by Crippen LogP contribution is -2.49. The molecule has 1 aliphatic heterocycles. The molecule has 0 spiro atoms. The second-order valence-corrected chi connectivity index (χ2v) is 6.07. The van der Waals surface area contributed by atoms with Crippen LogP contribution in [0.25, 0.3) is 0 Å². The Balaban J connectivity index is 1.58. The van der Waals surface area contributed by atoms with Crippen molar-refractivity contribution in [3.63, 3.8) is 0 Å². The number of nitriles is 1. The predicted molar refractivity (Wildman–Crippen MR) is 88.2 cm³/mol. The minimum Gasteiger partial charge on any atom is -0.336 e. The number of hydrogen-bond acceptors (Lipinski definition) is 3. The molecule has 1 amide bonds. The van der Waals surface area contributed by atoms with E-state index in [0.29, 0.717) is 30.8 Å². The number of benzene rings is 2. The summed E-state index contributed by atoms with van der Waals surface area (Å²) in [5, 5.41) is 8.81. The summed E-state index contributed by atoms with van der Waals surface area (Å²) < 4.78 is 26.7. The Labute approximate surface area is 144 Å². The van der Waals surface area contributed by atoms with Gasteiger partial charge in [0.15, 0.2) is 0 Å². The summed E-state index contributed by atoms with van der Waals surface area (Å²) in [4.78, 5) is 15.9. The average molecular weight is 341 g/mol. The van der Waals surface area contributed by atoms with Gasteiger partial charge >= 0.3 is 0 Å². The first-order valence-corrected chi connectivity index (χ1v) is 7.98. The van der Waals surface area contributed by atoms with Gasteiger partial charge in [-0.15, -0.1) is 0 Å². The Morgan fingerprint density at radius 1 is 1.04 bits per heavy atom. The first-order valence-electron chi connectivity index (χ1n) is 7.98. The molecule has 128 valence electrons. The number of piperazine rings is 1. The summed E-state index contributed by atoms with van der Waals surface area (Å²) in [6, 6.07) is 12.7. The van der Waals surface area contributed by atoms with Crippen LogP contribution in [-0.4, -0.2) is 35.3 Å². The first-order chi connectivity index (χ1) is 12.0. The van der Waals surface area contributed by atoms with E-state index in [2.05, 4.69) is 6.07 Å². The number of amides is 1. The normalized spacial score (nSPS) is 15.2. The molecule has 2 aromatic rings. The third-order valence-corrected chi connectivity index (χ3v) is 4.26. The van der Waals surface area contributed by atoms with Crippen molar-refractivity contribution in [3.05, 3.63) is 70.8 Å². The van der Waals surface area contributed by atoms with Crippen LogP contribution in [0.5, 0.6) is 0 Å². The molecule has 1 saturated heterocycles. The minimum atomic E-state index is -0.632. The number of carbonyl (C=O) groups is 1. The zero-order chi connectivity index (χ0) is 17.8. The van der Waals surface area contributed by atoms with Crippen LogP contribution in [0.1, 0.15) is 16.7 Å². The topological polar surface area (TPSA) is 47.3 Å². The minimum absolute atomic E-state index is 0.0800. The van der Waals surface area contributed by atoms with Crippen LogP contribution in [0.3, 0.4) is 0 Å². The van der Waals surface area contributed by atoms with Gasteiger partial charge in [0.25, 0.3) is 0 Å². The molecular formula is C19H17F2N3O. The van der Waals surface area contributed by atoms with Gasteiger partial charge in [-0.25, -0.2) is 8.78 Å². The van der Waals surface area contributed by atoms with Gasteiger partial charge in [-0.1, -0.05) is 18.2 Å². The van der Waals surface area contributed by atoms with Crippen molar-refractivity contribution in [2.45, 2.75) is 13.1 Å². The lowest BCUT2D eigenvalue weighted by Gasteiger charge is -2.34. The number of hydrogen-bond donors (Lipinski definition) is 0. The Morgan fingerprint density at radius 2 is 1.80 bits per heavy atom. The van der Waals surface area contributed by atoms with Gasteiger partial charge in [-0.3, -0.25) is 9.69 Å². The third-order valence-electron chi connectivity index (χ3n) is 4.26. The fraction of sp³-hybridized carbons (Fsp3) is 0.263. The van der Waals surface area contributed by atoms with Crippen molar-refractivity contribution in [1.82, 2.24) is 9.80 Å². The van der Waals surface area contributed by atoms with Crippen molar-refractivity contribution < 1.29 is 13.6 Å². The van der Waals surface area contributed by atoms with E-state index < -0.39 is 11.6 Å². The van der Waals surface area contributed by atoms with E-state index in [9.17, 15) is 13.6 Å². The largest absolute Gasteiger partial charge is 0.336 e. The summed E-state index contributed by atoms with van der Waals surface area (Å²) in [7, 11) is 0. The van der Waals surface area contributed by atoms with Crippen LogP contribution < -0.4 is 0 Å². The van der Waals surface area contributed by atoms with Gasteiger partial charge in [0.2, 0.25) is 5.91 Å². The second kappa shape index (κ2) is 7.41. The summed E-state index contributed by atoms with van der Waals surface area (Å²) in [5.74, 6) is -1.34. The van der Waals surface area contributed by atoms with E-state index in [4.69, 9.17) is 5.26 Å². The summed E-state index contributed by atoms with van der Waals surface area (Å²) >= 11 is 0. The van der Waals surface area contributed by atoms with Gasteiger partial charge in [0.05, 0.1) is 18.2 Å². The Morgan fingerprint density at radius 3 is 2.44 bits per heavy atom. The second-order valence-electron chi connectivity index (χ2n) is 6.07. The summed E-state index contributed by atoms with van der Waals surface area (Å²) in [6.45, 7) is 2.19. The van der Waals surface area contributed by atoms with Crippen molar-refractivity contribution in [2.24, 2.45) is 0 Å². The Bertz CT molecular complexity index is 814. The number of nitrogens with zero attached hydrogens (tertiary/aromatic N) is 3. The average Bonchev–Trinajstić information content (AvgIpc) is 2.60. The Hall–Kier alpha value is -2.78. The molecule has 1 fully saturated rings. The van der Waals surface area contributed by atoms with Crippen molar-refractivity contribution >= 4 is 5.91 Å². The molecule has 4 nitrogen and oxygen atoms in total. The summed E-state index contributed by atoms with van der Waals surface area (Å²) in [5.41, 5.74) is 1.95. The summed E-state index contributed by atoms with van der Waals surface area (Å²) in [6.07, 6.45) is 0. The van der Waals surface area contributed by atoms with Crippen LogP contribution in [0.4, 0.5) is 8.78 Å². The first kappa shape index (κ1) is 17.1. The molecule has 6 heteroatoms. The van der Waals surface area contributed by atoms with Crippen LogP contribution in [0.2, 0.25) is 0 Å². The predicted octanol–water partition coefficient (Wildman–Crippen LogP) is 2.68. The molecule has 0 bridgehead atoms. The maximum Gasteiger partial charge on any atom is 0.237 e. The fourth-order valence-electron chi connectivity index (χ4n) is 2.86. The maximum atomic E-state index is 13.7. The van der Waals surface area contributed by atoms with Gasteiger partial charge in [0, 0.05) is 37.8 Å². The SMILES string of the molecule is N#Cc1ccc(CN2CCN(Cc3ccc(F)cc3F)C(=O)C2)cc1. The van der Waals surface area contributed by atoms with Gasteiger partial charge < -0.3 is 4.90 Å². The molecule has 0 radical (unpaired) electrons. The van der Waals surface area contributed by atoms with Crippen LogP contribution in [-0.2, 0) is 17.9 Å². The van der Waals surface area contributed by atoms with Crippen molar-refractivity contribution in [3.8, 4) is 6.07 Å². The van der Waals surface area contributed by atoms with E-state index >= 15 is 0 Å². The molecule has 0 atom stereocenters. The van der Waals surface area contributed by atoms with E-state index in [1.54, 1.807) is 17.0 Å². The Kier molecular flexibility index (Phi) is 5.05. The molecule has 2 aromatic carbocycles. The molecule has 0 saturated carbocycles. The highest BCUT2D eigenvalue weighted by Gasteiger charge is 2.24. The molecule has 0 aromatic heterocycles. The monoisotopic (exact) mass is 341 g/mol. The molecule has 1 aliphatic rings. The zero-order valence-electron chi connectivity index (χ0n) is 13.6. The third kappa shape index (κ3) is 4.20. The quantitative estimate of drug-likeness (QED) is 0.859. The van der Waals surface area contributed by atoms with Crippen LogP contribution in [0.15, 0.2) is 42.5 Å². The highest BCUT2D eigenvalue weighted by molar-refractivity contribution is 5.79. The molecular weight excluding hydrogens is 324 g/mol. The molecule has 0 N–H and O–H groups in total. The highest BCUT2D eigenvalue weighted by Crippen LogP contribution is 2.16. The molecule has 3 rings (SSSR count). The zero-order valence-corrected chi connectivity index (χ0v) is 13.6. The lowest BCUT2D eigenvalue weighted by molar-refractivity contribution is -0.136. The van der Waals surface area contributed by atoms with Crippen LogP contribution in [0, 0.1) is 23.0 Å². The molecule has 0 aliphatic carbocycles. The van der Waals surface area contributed by atoms with E-state index in [1.165, 1.54) is 12.1 Å². The standard InChI is InChI=1S/C19H17F2N3O/c20-17-6-5-16(18(21)9-17)12-24-8-7-23(13-19(24)25)11-15-3-1-14(10-22)2-4-15/h1-6,9H,7-8,11-13H2. The maximum absolute atomic E-state index is 13.7. The van der Waals surface area contributed by atoms with Crippen molar-refractivity contribution in [1.29, 1.82) is 5.26 Å². The van der Waals surface area contributed by atoms with Crippen molar-refractivity contribution in [2.75, 3.05) is 19.6 Å². The number of halogens is 2. The van der Waals surface area contributed by atoms with E-state index in [-0.39, 0.29) is 19.0 Å². The molecule has 25 heavy (non-hydrogen) atoms. The number of rotatable bonds is 4. The van der Waals surface area contributed by atoms with Gasteiger partial charge in [0.1, 0.15) is 11.6 Å². The lowest BCUT2D eigenvalue weighted by atomic mass is 10.1. The van der Waals surface area contributed by atoms with Gasteiger partial charge in [-0.05, 0) is 23.8 Å². The highest BCUT2D eigenvalue weighted by atomic mass is 19.1. The van der Waals surface area contributed by atoms with E-state index in [0.717, 1.165) is 11.6 Å². The number of carbonyl (C=O) groups excluding carboxylic acids is 1. The van der Waals surface area contributed by atoms with Crippen LogP contribution >= 0.6 is 0 Å². The van der Waals surface area contributed by atoms with E-state index in [1.807, 2.05) is 17.0 Å². The smallest absolute Gasteiger partial charge is 0.237 e. The molecule has 0 unspecified atom stereocenters. The van der Waals surface area contributed by atoms with Gasteiger partial charge in [-0.2, -0.15) is 5.26 Å². The fourth-order valence-corrected chi connectivity index (χ4v) is 2.86.